The third kappa shape index (κ3) is 5.88. The molecule has 0 spiro atoms. The molecule has 1 aromatic carbocycles. The number of hydrogen-bond acceptors (Lipinski definition) is 11. The van der Waals surface area contributed by atoms with E-state index >= 15 is 0 Å². The smallest absolute Gasteiger partial charge is 0.347 e. The Morgan fingerprint density at radius 2 is 2.15 bits per heavy atom. The molecule has 0 bridgehead atoms. The van der Waals surface area contributed by atoms with E-state index in [1.54, 1.807) is 0 Å². The first kappa shape index (κ1) is 26.3. The summed E-state index contributed by atoms with van der Waals surface area (Å²) in [6, 6.07) is 1.88. The molecular formula is C17H21N5O10S. The zero-order chi connectivity index (χ0) is 24.9. The summed E-state index contributed by atoms with van der Waals surface area (Å²) in [6.07, 6.45) is -7.77. The molecule has 0 saturated carbocycles. The van der Waals surface area contributed by atoms with Crippen LogP contribution in [0.5, 0.6) is 0 Å². The highest BCUT2D eigenvalue weighted by Crippen LogP contribution is 2.47. The van der Waals surface area contributed by atoms with Crippen LogP contribution in [0.15, 0.2) is 28.2 Å². The number of aliphatic carboxylic acids is 1. The second kappa shape index (κ2) is 10.8. The van der Waals surface area contributed by atoms with Crippen LogP contribution in [0.1, 0.15) is 13.3 Å². The molecule has 6 atom stereocenters. The van der Waals surface area contributed by atoms with Crippen molar-refractivity contribution >= 4 is 35.0 Å². The van der Waals surface area contributed by atoms with Gasteiger partial charge in [-0.1, -0.05) is 22.9 Å². The Balaban J connectivity index is 2.54. The van der Waals surface area contributed by atoms with Gasteiger partial charge in [0.1, 0.15) is 18.3 Å². The Labute approximate surface area is 189 Å². The zero-order valence-corrected chi connectivity index (χ0v) is 17.8. The number of carbonyl (C=O) groups excluding carboxylic acids is 1. The van der Waals surface area contributed by atoms with E-state index in [2.05, 4.69) is 15.3 Å². The molecule has 1 aliphatic heterocycles. The van der Waals surface area contributed by atoms with E-state index < -0.39 is 70.9 Å². The van der Waals surface area contributed by atoms with Crippen molar-refractivity contribution in [1.82, 2.24) is 5.32 Å². The quantitative estimate of drug-likeness (QED) is 0.0872. The highest BCUT2D eigenvalue weighted by molar-refractivity contribution is 8.01. The Morgan fingerprint density at radius 3 is 2.67 bits per heavy atom. The van der Waals surface area contributed by atoms with Crippen LogP contribution < -0.4 is 5.32 Å². The normalized spacial score (nSPS) is 26.5. The first-order valence-electron chi connectivity index (χ1n) is 9.31. The number of thioether (sulfide) groups is 1. The van der Waals surface area contributed by atoms with E-state index in [0.29, 0.717) is 11.8 Å². The Hall–Kier alpha value is -2.98. The molecule has 1 saturated heterocycles. The SMILES string of the molecule is CC(=O)NC1C(O)CC(Sc2ccc(N=[N+]=[N-])cc2[N+](=O)[O-])(C(=O)O)OC1C(O)C(O)CO. The molecule has 1 aromatic rings. The molecule has 6 N–H and O–H groups in total. The van der Waals surface area contributed by atoms with Gasteiger partial charge >= 0.3 is 5.97 Å². The number of ether oxygens (including phenoxy) is 1. The zero-order valence-electron chi connectivity index (χ0n) is 17.0. The minimum Gasteiger partial charge on any atom is -0.478 e. The number of nitro benzene ring substituents is 1. The Morgan fingerprint density at radius 1 is 1.48 bits per heavy atom. The molecule has 33 heavy (non-hydrogen) atoms. The number of carboxylic acids is 1. The van der Waals surface area contributed by atoms with Crippen molar-refractivity contribution in [3.63, 3.8) is 0 Å². The van der Waals surface area contributed by atoms with Gasteiger partial charge in [0.15, 0.2) is 0 Å². The molecule has 1 aliphatic rings. The number of nitrogens with zero attached hydrogens (tertiary/aromatic N) is 4. The van der Waals surface area contributed by atoms with Gasteiger partial charge in [0.2, 0.25) is 10.8 Å². The molecule has 15 nitrogen and oxygen atoms in total. The van der Waals surface area contributed by atoms with Gasteiger partial charge in [0, 0.05) is 30.0 Å². The fourth-order valence-corrected chi connectivity index (χ4v) is 4.49. The number of carboxylic acid groups (broad SMARTS) is 1. The monoisotopic (exact) mass is 487 g/mol. The lowest BCUT2D eigenvalue weighted by molar-refractivity contribution is -0.387. The summed E-state index contributed by atoms with van der Waals surface area (Å²) in [4.78, 5) is 34.4. The average molecular weight is 487 g/mol. The van der Waals surface area contributed by atoms with Gasteiger partial charge in [0.25, 0.3) is 5.69 Å². The number of rotatable bonds is 9. The van der Waals surface area contributed by atoms with Gasteiger partial charge in [-0.05, 0) is 11.6 Å². The van der Waals surface area contributed by atoms with Crippen LogP contribution in [0, 0.1) is 10.1 Å². The number of carbonyl (C=O) groups is 2. The standard InChI is InChI=1S/C17H21N5O10S/c1-7(24)19-13-10(25)5-17(16(28)29,32-15(13)14(27)11(26)6-23)33-12-3-2-8(20-21-18)4-9(12)22(30)31/h2-4,10-11,13-15,23,25-27H,5-6H2,1H3,(H,19,24)(H,28,29). The number of nitrogens with one attached hydrogen (secondary N) is 1. The number of amides is 1. The second-order valence-corrected chi connectivity index (χ2v) is 8.38. The van der Waals surface area contributed by atoms with Gasteiger partial charge in [-0.3, -0.25) is 14.9 Å². The summed E-state index contributed by atoms with van der Waals surface area (Å²) in [7, 11) is 0. The lowest BCUT2D eigenvalue weighted by Gasteiger charge is -2.46. The topological polar surface area (TPSA) is 248 Å². The lowest BCUT2D eigenvalue weighted by Crippen LogP contribution is -2.66. The highest BCUT2D eigenvalue weighted by atomic mass is 32.2. The summed E-state index contributed by atoms with van der Waals surface area (Å²) in [5.41, 5.74) is 7.81. The molecule has 1 heterocycles. The van der Waals surface area contributed by atoms with Crippen LogP contribution in [-0.2, 0) is 14.3 Å². The van der Waals surface area contributed by atoms with E-state index in [-0.39, 0.29) is 10.6 Å². The average Bonchev–Trinajstić information content (AvgIpc) is 2.75. The van der Waals surface area contributed by atoms with Crippen LogP contribution in [0.2, 0.25) is 0 Å². The van der Waals surface area contributed by atoms with Crippen LogP contribution in [0.25, 0.3) is 10.4 Å². The predicted molar refractivity (Wildman–Crippen MR) is 110 cm³/mol. The van der Waals surface area contributed by atoms with Gasteiger partial charge in [-0.15, -0.1) is 0 Å². The third-order valence-corrected chi connectivity index (χ3v) is 6.09. The number of aliphatic hydroxyl groups excluding tert-OH is 4. The first-order valence-corrected chi connectivity index (χ1v) is 10.1. The van der Waals surface area contributed by atoms with E-state index in [4.69, 9.17) is 15.4 Å². The van der Waals surface area contributed by atoms with Crippen molar-refractivity contribution in [2.75, 3.05) is 6.61 Å². The Bertz CT molecular complexity index is 974. The lowest BCUT2D eigenvalue weighted by atomic mass is 9.90. The molecule has 6 unspecified atom stereocenters. The molecule has 2 rings (SSSR count). The molecule has 0 aromatic heterocycles. The minimum absolute atomic E-state index is 0.104. The first-order chi connectivity index (χ1) is 15.5. The third-order valence-electron chi connectivity index (χ3n) is 4.76. The summed E-state index contributed by atoms with van der Waals surface area (Å²) >= 11 is 0.341. The van der Waals surface area contributed by atoms with Crippen LogP contribution in [0.4, 0.5) is 11.4 Å². The molecule has 0 radical (unpaired) electrons. The van der Waals surface area contributed by atoms with E-state index in [1.807, 2.05) is 0 Å². The Kier molecular flexibility index (Phi) is 8.57. The maximum absolute atomic E-state index is 12.2. The van der Waals surface area contributed by atoms with Gasteiger partial charge < -0.3 is 35.6 Å². The molecule has 0 aliphatic carbocycles. The summed E-state index contributed by atoms with van der Waals surface area (Å²) in [5.74, 6) is -2.32. The number of hydrogen-bond donors (Lipinski definition) is 6. The molecule has 1 fully saturated rings. The fourth-order valence-electron chi connectivity index (χ4n) is 3.26. The van der Waals surface area contributed by atoms with E-state index in [1.165, 1.54) is 6.07 Å². The van der Waals surface area contributed by atoms with Crippen LogP contribution >= 0.6 is 11.8 Å². The van der Waals surface area contributed by atoms with Crippen molar-refractivity contribution in [3.05, 3.63) is 38.8 Å². The molecule has 1 amide bonds. The largest absolute Gasteiger partial charge is 0.478 e. The number of benzene rings is 1. The van der Waals surface area contributed by atoms with Gasteiger partial charge in [-0.25, -0.2) is 4.79 Å². The number of azide groups is 1. The maximum Gasteiger partial charge on any atom is 0.347 e. The molecular weight excluding hydrogens is 466 g/mol. The summed E-state index contributed by atoms with van der Waals surface area (Å²) in [5, 5.41) is 67.1. The number of aliphatic hydroxyl groups is 4. The summed E-state index contributed by atoms with van der Waals surface area (Å²) in [6.45, 7) is 0.157. The van der Waals surface area contributed by atoms with E-state index in [0.717, 1.165) is 19.1 Å². The fraction of sp³-hybridized carbons (Fsp3) is 0.529. The van der Waals surface area contributed by atoms with Gasteiger partial charge in [0.05, 0.1) is 28.6 Å². The van der Waals surface area contributed by atoms with Crippen molar-refractivity contribution in [1.29, 1.82) is 0 Å². The molecule has 16 heteroatoms. The predicted octanol–water partition coefficient (Wildman–Crippen LogP) is -0.222. The highest BCUT2D eigenvalue weighted by Gasteiger charge is 2.55. The second-order valence-electron chi connectivity index (χ2n) is 7.08. The van der Waals surface area contributed by atoms with Crippen molar-refractivity contribution in [2.45, 2.75) is 53.6 Å². The molecule has 180 valence electrons. The van der Waals surface area contributed by atoms with Crippen LogP contribution in [-0.4, -0.2) is 84.3 Å². The summed E-state index contributed by atoms with van der Waals surface area (Å²) < 4.78 is 5.58. The van der Waals surface area contributed by atoms with Crippen LogP contribution in [0.3, 0.4) is 0 Å². The minimum atomic E-state index is -2.40. The van der Waals surface area contributed by atoms with Crippen molar-refractivity contribution in [2.24, 2.45) is 5.11 Å². The maximum atomic E-state index is 12.2. The van der Waals surface area contributed by atoms with Gasteiger partial charge in [-0.2, -0.15) is 0 Å². The number of nitro groups is 1. The van der Waals surface area contributed by atoms with E-state index in [9.17, 15) is 40.1 Å². The van der Waals surface area contributed by atoms with Crippen molar-refractivity contribution < 1.29 is 44.8 Å². The van der Waals surface area contributed by atoms with Crippen molar-refractivity contribution in [3.8, 4) is 0 Å².